The minimum atomic E-state index is -0.745. The van der Waals surface area contributed by atoms with Crippen LogP contribution in [0.15, 0.2) is 59.6 Å². The number of ether oxygens (including phenoxy) is 3. The molecule has 3 aromatic rings. The summed E-state index contributed by atoms with van der Waals surface area (Å²) in [5.74, 6) is 0.820. The molecule has 0 aliphatic carbocycles. The molecule has 5 rings (SSSR count). The maximum atomic E-state index is 11.9. The van der Waals surface area contributed by atoms with Crippen LogP contribution in [0.25, 0.3) is 10.8 Å². The first-order valence-corrected chi connectivity index (χ1v) is 11.9. The number of aliphatic hydroxyl groups excluding tert-OH is 1. The molecule has 0 aromatic heterocycles. The van der Waals surface area contributed by atoms with Gasteiger partial charge in [0.05, 0.1) is 18.2 Å². The summed E-state index contributed by atoms with van der Waals surface area (Å²) >= 11 is 0. The molecule has 35 heavy (non-hydrogen) atoms. The Morgan fingerprint density at radius 1 is 1.11 bits per heavy atom. The first-order chi connectivity index (χ1) is 16.9. The van der Waals surface area contributed by atoms with Crippen LogP contribution in [0, 0.1) is 0 Å². The number of para-hydroxylation sites is 1. The maximum absolute atomic E-state index is 11.9. The first kappa shape index (κ1) is 23.2. The van der Waals surface area contributed by atoms with Gasteiger partial charge in [0.15, 0.2) is 6.61 Å². The average Bonchev–Trinajstić information content (AvgIpc) is 3.03. The van der Waals surface area contributed by atoms with Crippen LogP contribution >= 0.6 is 0 Å². The normalized spacial score (nSPS) is 19.4. The van der Waals surface area contributed by atoms with E-state index in [1.807, 2.05) is 49.7 Å². The molecule has 2 heterocycles. The monoisotopic (exact) mass is 474 g/mol. The van der Waals surface area contributed by atoms with Crippen molar-refractivity contribution in [2.75, 3.05) is 31.8 Å². The van der Waals surface area contributed by atoms with Crippen molar-refractivity contribution in [1.82, 2.24) is 0 Å². The number of fused-ring (bicyclic) bond motifs is 4. The van der Waals surface area contributed by atoms with Gasteiger partial charge >= 0.3 is 5.97 Å². The quantitative estimate of drug-likeness (QED) is 0.393. The molecule has 0 fully saturated rings. The standard InChI is InChI=1S/C28H30N2O5/c1-27(2)22-8-4-5-9-23(22)30(3)28(27)18-29-26-21-16-20(12-10-19(21)11-13-24(26)35-28)34-17-25(32)33-15-7-6-14-31/h4-5,8-13,16,18,31H,6-7,14-15,17H2,1-3H3. The smallest absolute Gasteiger partial charge is 0.344 e. The number of hydrogen-bond acceptors (Lipinski definition) is 7. The Morgan fingerprint density at radius 2 is 1.91 bits per heavy atom. The van der Waals surface area contributed by atoms with Crippen LogP contribution in [0.4, 0.5) is 11.4 Å². The molecule has 0 amide bonds. The number of likely N-dealkylation sites (N-methyl/N-ethyl adjacent to an activating group) is 1. The second-order valence-electron chi connectivity index (χ2n) is 9.49. The third-order valence-corrected chi connectivity index (χ3v) is 7.07. The summed E-state index contributed by atoms with van der Waals surface area (Å²) in [4.78, 5) is 19.0. The topological polar surface area (TPSA) is 80.6 Å². The summed E-state index contributed by atoms with van der Waals surface area (Å²) in [6.45, 7) is 4.55. The zero-order valence-corrected chi connectivity index (χ0v) is 20.3. The molecule has 0 saturated heterocycles. The van der Waals surface area contributed by atoms with Crippen LogP contribution in [-0.2, 0) is 14.9 Å². The number of carbonyl (C=O) groups is 1. The summed E-state index contributed by atoms with van der Waals surface area (Å²) in [7, 11) is 2.04. The number of benzene rings is 3. The van der Waals surface area contributed by atoms with E-state index in [0.29, 0.717) is 24.3 Å². The van der Waals surface area contributed by atoms with Crippen LogP contribution in [-0.4, -0.2) is 49.9 Å². The van der Waals surface area contributed by atoms with Gasteiger partial charge in [-0.15, -0.1) is 0 Å². The summed E-state index contributed by atoms with van der Waals surface area (Å²) < 4.78 is 17.6. The molecular weight excluding hydrogens is 444 g/mol. The van der Waals surface area contributed by atoms with E-state index >= 15 is 0 Å². The van der Waals surface area contributed by atoms with Crippen molar-refractivity contribution in [2.24, 2.45) is 4.99 Å². The lowest BCUT2D eigenvalue weighted by Gasteiger charge is -2.45. The van der Waals surface area contributed by atoms with E-state index < -0.39 is 11.7 Å². The summed E-state index contributed by atoms with van der Waals surface area (Å²) in [6.07, 6.45) is 3.14. The maximum Gasteiger partial charge on any atom is 0.344 e. The van der Waals surface area contributed by atoms with E-state index in [2.05, 4.69) is 36.9 Å². The van der Waals surface area contributed by atoms with Crippen molar-refractivity contribution in [3.05, 3.63) is 60.2 Å². The Morgan fingerprint density at radius 3 is 2.71 bits per heavy atom. The minimum absolute atomic E-state index is 0.0868. The number of anilines is 1. The van der Waals surface area contributed by atoms with E-state index in [9.17, 15) is 4.79 Å². The van der Waals surface area contributed by atoms with Crippen LogP contribution in [0.1, 0.15) is 32.3 Å². The van der Waals surface area contributed by atoms with Crippen molar-refractivity contribution in [1.29, 1.82) is 0 Å². The fraction of sp³-hybridized carbons (Fsp3) is 0.357. The second-order valence-corrected chi connectivity index (χ2v) is 9.49. The Hall–Kier alpha value is -3.58. The van der Waals surface area contributed by atoms with Gasteiger partial charge in [0.2, 0.25) is 5.72 Å². The Bertz CT molecular complexity index is 1300. The highest BCUT2D eigenvalue weighted by Gasteiger charge is 2.58. The van der Waals surface area contributed by atoms with E-state index in [1.165, 1.54) is 5.56 Å². The van der Waals surface area contributed by atoms with Crippen LogP contribution in [0.5, 0.6) is 11.5 Å². The number of esters is 1. The van der Waals surface area contributed by atoms with Crippen molar-refractivity contribution in [3.63, 3.8) is 0 Å². The van der Waals surface area contributed by atoms with E-state index in [-0.39, 0.29) is 25.2 Å². The van der Waals surface area contributed by atoms with Gasteiger partial charge < -0.3 is 24.2 Å². The largest absolute Gasteiger partial charge is 0.482 e. The lowest BCUT2D eigenvalue weighted by molar-refractivity contribution is -0.146. The van der Waals surface area contributed by atoms with Crippen molar-refractivity contribution in [3.8, 4) is 11.5 Å². The molecule has 2 aliphatic rings. The predicted molar refractivity (Wildman–Crippen MR) is 136 cm³/mol. The highest BCUT2D eigenvalue weighted by atomic mass is 16.6. The van der Waals surface area contributed by atoms with Crippen LogP contribution in [0.2, 0.25) is 0 Å². The molecule has 1 atom stereocenters. The van der Waals surface area contributed by atoms with Crippen molar-refractivity contribution >= 4 is 34.3 Å². The van der Waals surface area contributed by atoms with Gasteiger partial charge in [-0.05, 0) is 61.9 Å². The van der Waals surface area contributed by atoms with E-state index in [4.69, 9.17) is 24.3 Å². The molecule has 1 N–H and O–H groups in total. The molecule has 2 aliphatic heterocycles. The zero-order valence-electron chi connectivity index (χ0n) is 20.3. The molecule has 0 saturated carbocycles. The lowest BCUT2D eigenvalue weighted by Crippen LogP contribution is -2.61. The molecule has 182 valence electrons. The Labute approximate surface area is 204 Å². The SMILES string of the molecule is CN1c2ccccc2C(C)(C)C12C=Nc1c(ccc3ccc(OCC(=O)OCCCCO)cc13)O2. The van der Waals surface area contributed by atoms with Crippen molar-refractivity contribution in [2.45, 2.75) is 37.8 Å². The van der Waals surface area contributed by atoms with Gasteiger partial charge in [0.1, 0.15) is 17.2 Å². The third-order valence-electron chi connectivity index (χ3n) is 7.07. The molecule has 7 heteroatoms. The third kappa shape index (κ3) is 3.80. The highest BCUT2D eigenvalue weighted by Crippen LogP contribution is 2.54. The molecule has 1 spiro atoms. The van der Waals surface area contributed by atoms with Crippen LogP contribution < -0.4 is 14.4 Å². The molecule has 7 nitrogen and oxygen atoms in total. The van der Waals surface area contributed by atoms with Gasteiger partial charge in [0, 0.05) is 24.7 Å². The van der Waals surface area contributed by atoms with E-state index in [1.54, 1.807) is 0 Å². The fourth-order valence-electron chi connectivity index (χ4n) is 5.03. The minimum Gasteiger partial charge on any atom is -0.482 e. The second kappa shape index (κ2) is 8.89. The van der Waals surface area contributed by atoms with E-state index in [0.717, 1.165) is 22.1 Å². The molecule has 0 radical (unpaired) electrons. The molecule has 3 aromatic carbocycles. The molecule has 0 bridgehead atoms. The number of unbranched alkanes of at least 4 members (excludes halogenated alkanes) is 1. The zero-order chi connectivity index (χ0) is 24.6. The highest BCUT2D eigenvalue weighted by molar-refractivity contribution is 6.00. The molecular formula is C28H30N2O5. The molecule has 1 unspecified atom stereocenters. The lowest BCUT2D eigenvalue weighted by atomic mass is 9.77. The van der Waals surface area contributed by atoms with Gasteiger partial charge in [0.25, 0.3) is 0 Å². The first-order valence-electron chi connectivity index (χ1n) is 11.9. The van der Waals surface area contributed by atoms with Gasteiger partial charge in [-0.2, -0.15) is 0 Å². The van der Waals surface area contributed by atoms with Gasteiger partial charge in [-0.25, -0.2) is 4.79 Å². The van der Waals surface area contributed by atoms with Crippen molar-refractivity contribution < 1.29 is 24.1 Å². The number of rotatable bonds is 7. The Kier molecular flexibility index (Phi) is 5.89. The number of aliphatic hydroxyl groups is 1. The number of aliphatic imine (C=N–C) groups is 1. The number of carbonyl (C=O) groups excluding carboxylic acids is 1. The number of hydrogen-bond donors (Lipinski definition) is 1. The van der Waals surface area contributed by atoms with Crippen LogP contribution in [0.3, 0.4) is 0 Å². The number of nitrogens with zero attached hydrogens (tertiary/aromatic N) is 2. The van der Waals surface area contributed by atoms with Gasteiger partial charge in [-0.3, -0.25) is 4.99 Å². The summed E-state index contributed by atoms with van der Waals surface area (Å²) in [6, 6.07) is 18.0. The predicted octanol–water partition coefficient (Wildman–Crippen LogP) is 4.75. The summed E-state index contributed by atoms with van der Waals surface area (Å²) in [5, 5.41) is 10.7. The fourth-order valence-corrected chi connectivity index (χ4v) is 5.03. The van der Waals surface area contributed by atoms with Gasteiger partial charge in [-0.1, -0.05) is 30.3 Å². The average molecular weight is 475 g/mol. The Balaban J connectivity index is 1.40. The summed E-state index contributed by atoms with van der Waals surface area (Å²) in [5.41, 5.74) is 2.02.